The van der Waals surface area contributed by atoms with Crippen LogP contribution in [0.3, 0.4) is 0 Å². The van der Waals surface area contributed by atoms with Gasteiger partial charge in [0, 0.05) is 0 Å². The van der Waals surface area contributed by atoms with Crippen LogP contribution in [0.25, 0.3) is 10.7 Å². The summed E-state index contributed by atoms with van der Waals surface area (Å²) in [5, 5.41) is 9.14. The number of H-pyrrole nitrogens is 1. The van der Waals surface area contributed by atoms with E-state index < -0.39 is 6.04 Å². The Morgan fingerprint density at radius 1 is 1.30 bits per heavy atom. The van der Waals surface area contributed by atoms with Crippen molar-refractivity contribution in [3.63, 3.8) is 0 Å². The Morgan fingerprint density at radius 3 is 2.87 bits per heavy atom. The van der Waals surface area contributed by atoms with Gasteiger partial charge in [-0.2, -0.15) is 5.10 Å². The molecule has 2 heterocycles. The number of nitrogens with zero attached hydrogens (tertiary/aromatic N) is 2. The first-order valence-corrected chi connectivity index (χ1v) is 8.13. The van der Waals surface area contributed by atoms with Crippen molar-refractivity contribution in [2.75, 3.05) is 13.7 Å². The molecule has 0 aliphatic rings. The Hall–Kier alpha value is -2.38. The molecule has 0 spiro atoms. The van der Waals surface area contributed by atoms with Gasteiger partial charge in [0.05, 0.1) is 24.6 Å². The number of benzene rings is 1. The zero-order valence-corrected chi connectivity index (χ0v) is 13.8. The number of aromatic amines is 1. The SMILES string of the molecule is CCOc1ccc([C@H](N)c2nc(-c3cccs3)n[nH]2)cc1OC. The first-order valence-electron chi connectivity index (χ1n) is 7.25. The molecule has 7 heteroatoms. The molecule has 0 unspecified atom stereocenters. The first-order chi connectivity index (χ1) is 11.2. The molecule has 0 fully saturated rings. The van der Waals surface area contributed by atoms with E-state index in [0.29, 0.717) is 29.8 Å². The van der Waals surface area contributed by atoms with Gasteiger partial charge in [-0.05, 0) is 36.1 Å². The van der Waals surface area contributed by atoms with Gasteiger partial charge in [-0.15, -0.1) is 11.3 Å². The Balaban J connectivity index is 1.86. The molecule has 0 radical (unpaired) electrons. The second kappa shape index (κ2) is 6.80. The van der Waals surface area contributed by atoms with Crippen LogP contribution < -0.4 is 15.2 Å². The molecule has 6 nitrogen and oxygen atoms in total. The minimum atomic E-state index is -0.416. The Labute approximate surface area is 138 Å². The zero-order chi connectivity index (χ0) is 16.2. The molecular formula is C16H18N4O2S. The van der Waals surface area contributed by atoms with Crippen molar-refractivity contribution >= 4 is 11.3 Å². The number of nitrogens with one attached hydrogen (secondary N) is 1. The highest BCUT2D eigenvalue weighted by molar-refractivity contribution is 7.13. The maximum atomic E-state index is 6.30. The maximum Gasteiger partial charge on any atom is 0.191 e. The molecule has 0 aliphatic heterocycles. The second-order valence-electron chi connectivity index (χ2n) is 4.84. The molecule has 0 saturated heterocycles. The third-order valence-electron chi connectivity index (χ3n) is 3.39. The number of aromatic nitrogens is 3. The van der Waals surface area contributed by atoms with Crippen molar-refractivity contribution in [1.29, 1.82) is 0 Å². The topological polar surface area (TPSA) is 86.0 Å². The smallest absolute Gasteiger partial charge is 0.191 e. The van der Waals surface area contributed by atoms with E-state index in [1.807, 2.05) is 42.6 Å². The fourth-order valence-electron chi connectivity index (χ4n) is 2.24. The number of ether oxygens (including phenoxy) is 2. The molecule has 3 N–H and O–H groups in total. The normalized spacial score (nSPS) is 12.1. The standard InChI is InChI=1S/C16H18N4O2S/c1-3-22-11-7-6-10(9-12(11)21-2)14(17)16-18-15(19-20-16)13-5-4-8-23-13/h4-9,14H,3,17H2,1-2H3,(H,18,19,20)/t14-/m0/s1. The number of thiophene rings is 1. The van der Waals surface area contributed by atoms with Gasteiger partial charge in [-0.25, -0.2) is 4.98 Å². The molecule has 1 atom stereocenters. The lowest BCUT2D eigenvalue weighted by atomic mass is 10.1. The van der Waals surface area contributed by atoms with Crippen LogP contribution in [0, 0.1) is 0 Å². The summed E-state index contributed by atoms with van der Waals surface area (Å²) in [4.78, 5) is 5.49. The van der Waals surface area contributed by atoms with E-state index in [9.17, 15) is 0 Å². The van der Waals surface area contributed by atoms with Crippen LogP contribution in [0.15, 0.2) is 35.7 Å². The van der Waals surface area contributed by atoms with Crippen LogP contribution in [0.4, 0.5) is 0 Å². The van der Waals surface area contributed by atoms with Crippen LogP contribution in [-0.4, -0.2) is 28.9 Å². The average molecular weight is 330 g/mol. The van der Waals surface area contributed by atoms with Crippen molar-refractivity contribution in [2.45, 2.75) is 13.0 Å². The maximum absolute atomic E-state index is 6.30. The molecule has 3 rings (SSSR count). The highest BCUT2D eigenvalue weighted by Gasteiger charge is 2.17. The van der Waals surface area contributed by atoms with Gasteiger partial charge >= 0.3 is 0 Å². The van der Waals surface area contributed by atoms with Crippen molar-refractivity contribution in [2.24, 2.45) is 5.73 Å². The molecule has 0 amide bonds. The van der Waals surface area contributed by atoms with Gasteiger partial charge in [0.15, 0.2) is 17.3 Å². The number of rotatable bonds is 6. The number of nitrogens with two attached hydrogens (primary N) is 1. The molecule has 2 aromatic heterocycles. The Kier molecular flexibility index (Phi) is 4.59. The van der Waals surface area contributed by atoms with Gasteiger partial charge in [-0.1, -0.05) is 12.1 Å². The zero-order valence-electron chi connectivity index (χ0n) is 12.9. The Morgan fingerprint density at radius 2 is 2.17 bits per heavy atom. The van der Waals surface area contributed by atoms with E-state index >= 15 is 0 Å². The van der Waals surface area contributed by atoms with Gasteiger partial charge < -0.3 is 15.2 Å². The van der Waals surface area contributed by atoms with Crippen LogP contribution >= 0.6 is 11.3 Å². The quantitative estimate of drug-likeness (QED) is 0.725. The Bertz CT molecular complexity index is 770. The molecule has 0 saturated carbocycles. The predicted molar refractivity (Wildman–Crippen MR) is 89.9 cm³/mol. The van der Waals surface area contributed by atoms with E-state index in [1.54, 1.807) is 18.4 Å². The third-order valence-corrected chi connectivity index (χ3v) is 4.25. The van der Waals surface area contributed by atoms with E-state index in [0.717, 1.165) is 10.4 Å². The highest BCUT2D eigenvalue weighted by Crippen LogP contribution is 2.31. The van der Waals surface area contributed by atoms with Crippen LogP contribution in [0.1, 0.15) is 24.4 Å². The largest absolute Gasteiger partial charge is 0.493 e. The van der Waals surface area contributed by atoms with Crippen LogP contribution in [0.2, 0.25) is 0 Å². The lowest BCUT2D eigenvalue weighted by Gasteiger charge is -2.13. The van der Waals surface area contributed by atoms with E-state index in [2.05, 4.69) is 15.2 Å². The average Bonchev–Trinajstić information content (AvgIpc) is 3.26. The van der Waals surface area contributed by atoms with E-state index in [1.165, 1.54) is 0 Å². The van der Waals surface area contributed by atoms with Crippen LogP contribution in [0.5, 0.6) is 11.5 Å². The summed E-state index contributed by atoms with van der Waals surface area (Å²) >= 11 is 1.59. The molecule has 3 aromatic rings. The summed E-state index contributed by atoms with van der Waals surface area (Å²) in [5.74, 6) is 2.61. The number of hydrogen-bond acceptors (Lipinski definition) is 6. The van der Waals surface area contributed by atoms with Crippen molar-refractivity contribution < 1.29 is 9.47 Å². The van der Waals surface area contributed by atoms with Crippen molar-refractivity contribution in [3.05, 3.63) is 47.1 Å². The van der Waals surface area contributed by atoms with Crippen molar-refractivity contribution in [3.8, 4) is 22.2 Å². The summed E-state index contributed by atoms with van der Waals surface area (Å²) in [5.41, 5.74) is 7.18. The molecule has 23 heavy (non-hydrogen) atoms. The van der Waals surface area contributed by atoms with Gasteiger partial charge in [0.1, 0.15) is 5.82 Å². The van der Waals surface area contributed by atoms with Crippen LogP contribution in [-0.2, 0) is 0 Å². The minimum Gasteiger partial charge on any atom is -0.493 e. The second-order valence-corrected chi connectivity index (χ2v) is 5.79. The molecule has 120 valence electrons. The molecule has 0 aliphatic carbocycles. The third kappa shape index (κ3) is 3.20. The van der Waals surface area contributed by atoms with Gasteiger partial charge in [-0.3, -0.25) is 5.10 Å². The van der Waals surface area contributed by atoms with E-state index in [4.69, 9.17) is 15.2 Å². The summed E-state index contributed by atoms with van der Waals surface area (Å²) < 4.78 is 10.9. The molecular weight excluding hydrogens is 312 g/mol. The summed E-state index contributed by atoms with van der Waals surface area (Å²) in [7, 11) is 1.61. The fraction of sp³-hybridized carbons (Fsp3) is 0.250. The monoisotopic (exact) mass is 330 g/mol. The summed E-state index contributed by atoms with van der Waals surface area (Å²) in [6, 6.07) is 9.15. The number of hydrogen-bond donors (Lipinski definition) is 2. The lowest BCUT2D eigenvalue weighted by molar-refractivity contribution is 0.310. The summed E-state index contributed by atoms with van der Waals surface area (Å²) in [6.07, 6.45) is 0. The number of methoxy groups -OCH3 is 1. The lowest BCUT2D eigenvalue weighted by Crippen LogP contribution is -2.14. The van der Waals surface area contributed by atoms with Crippen molar-refractivity contribution in [1.82, 2.24) is 15.2 Å². The fourth-order valence-corrected chi connectivity index (χ4v) is 2.90. The molecule has 1 aromatic carbocycles. The van der Waals surface area contributed by atoms with E-state index in [-0.39, 0.29) is 0 Å². The highest BCUT2D eigenvalue weighted by atomic mass is 32.1. The minimum absolute atomic E-state index is 0.416. The molecule has 0 bridgehead atoms. The van der Waals surface area contributed by atoms with Gasteiger partial charge in [0.2, 0.25) is 0 Å². The van der Waals surface area contributed by atoms with Gasteiger partial charge in [0.25, 0.3) is 0 Å². The summed E-state index contributed by atoms with van der Waals surface area (Å²) in [6.45, 7) is 2.51. The predicted octanol–water partition coefficient (Wildman–Crippen LogP) is 2.99. The first kappa shape index (κ1) is 15.5.